The summed E-state index contributed by atoms with van der Waals surface area (Å²) in [4.78, 5) is 25.0. The van der Waals surface area contributed by atoms with Crippen molar-refractivity contribution in [3.63, 3.8) is 0 Å². The highest BCUT2D eigenvalue weighted by atomic mass is 32.2. The number of carboxylic acids is 1. The number of carboxylic acid groups (broad SMARTS) is 1. The fourth-order valence-corrected chi connectivity index (χ4v) is 2.63. The number of rotatable bonds is 6. The molecule has 2 amide bonds. The predicted octanol–water partition coefficient (Wildman–Crippen LogP) is 0.586. The zero-order chi connectivity index (χ0) is 14.3. The molecule has 1 heterocycles. The molecular weight excluding hydrogens is 266 g/mol. The molecule has 2 unspecified atom stereocenters. The van der Waals surface area contributed by atoms with Gasteiger partial charge in [0.15, 0.2) is 0 Å². The summed E-state index contributed by atoms with van der Waals surface area (Å²) in [6.45, 7) is 1.86. The SMILES string of the molecule is CSCCC(NC(=O)NC1CCCN(C)C1)C(=O)O. The van der Waals surface area contributed by atoms with Crippen LogP contribution in [0.1, 0.15) is 19.3 Å². The van der Waals surface area contributed by atoms with E-state index in [9.17, 15) is 9.59 Å². The topological polar surface area (TPSA) is 81.7 Å². The number of amides is 2. The number of hydrogen-bond donors (Lipinski definition) is 3. The Morgan fingerprint density at radius 1 is 1.53 bits per heavy atom. The Balaban J connectivity index is 2.37. The van der Waals surface area contributed by atoms with E-state index in [1.54, 1.807) is 11.8 Å². The largest absolute Gasteiger partial charge is 0.480 e. The summed E-state index contributed by atoms with van der Waals surface area (Å²) >= 11 is 1.57. The Bertz CT molecular complexity index is 315. The number of aliphatic carboxylic acids is 1. The molecule has 1 aliphatic heterocycles. The summed E-state index contributed by atoms with van der Waals surface area (Å²) in [6, 6.07) is -1.09. The minimum Gasteiger partial charge on any atom is -0.480 e. The number of piperidine rings is 1. The molecule has 0 aromatic heterocycles. The van der Waals surface area contributed by atoms with Gasteiger partial charge in [0, 0.05) is 12.6 Å². The van der Waals surface area contributed by atoms with Gasteiger partial charge in [-0.3, -0.25) is 0 Å². The third-order valence-electron chi connectivity index (χ3n) is 3.17. The predicted molar refractivity (Wildman–Crippen MR) is 76.6 cm³/mol. The van der Waals surface area contributed by atoms with Gasteiger partial charge in [-0.25, -0.2) is 9.59 Å². The van der Waals surface area contributed by atoms with Crippen molar-refractivity contribution in [3.05, 3.63) is 0 Å². The molecule has 0 aromatic rings. The number of nitrogens with zero attached hydrogens (tertiary/aromatic N) is 1. The number of carbonyl (C=O) groups is 2. The van der Waals surface area contributed by atoms with E-state index in [4.69, 9.17) is 5.11 Å². The fourth-order valence-electron chi connectivity index (χ4n) is 2.16. The van der Waals surface area contributed by atoms with E-state index < -0.39 is 12.0 Å². The van der Waals surface area contributed by atoms with Gasteiger partial charge in [0.1, 0.15) is 6.04 Å². The second kappa shape index (κ2) is 8.27. The van der Waals surface area contributed by atoms with Gasteiger partial charge >= 0.3 is 12.0 Å². The molecule has 110 valence electrons. The highest BCUT2D eigenvalue weighted by Crippen LogP contribution is 2.08. The molecule has 1 saturated heterocycles. The first-order valence-electron chi connectivity index (χ1n) is 6.50. The Morgan fingerprint density at radius 3 is 2.84 bits per heavy atom. The first-order valence-corrected chi connectivity index (χ1v) is 7.89. The lowest BCUT2D eigenvalue weighted by Gasteiger charge is -2.30. The van der Waals surface area contributed by atoms with Crippen molar-refractivity contribution in [3.8, 4) is 0 Å². The molecule has 0 bridgehead atoms. The summed E-state index contributed by atoms with van der Waals surface area (Å²) in [6.07, 6.45) is 4.35. The van der Waals surface area contributed by atoms with Crippen LogP contribution in [-0.4, -0.2) is 66.2 Å². The molecule has 1 fully saturated rings. The summed E-state index contributed by atoms with van der Waals surface area (Å²) in [5.74, 6) is -0.270. The van der Waals surface area contributed by atoms with Crippen molar-refractivity contribution >= 4 is 23.8 Å². The standard InChI is InChI=1S/C12H23N3O3S/c1-15-6-3-4-9(8-15)13-12(18)14-10(11(16)17)5-7-19-2/h9-10H,3-8H2,1-2H3,(H,16,17)(H2,13,14,18). The summed E-state index contributed by atoms with van der Waals surface area (Å²) in [5, 5.41) is 14.4. The van der Waals surface area contributed by atoms with Crippen LogP contribution >= 0.6 is 11.8 Å². The van der Waals surface area contributed by atoms with Gasteiger partial charge in [0.25, 0.3) is 0 Å². The van der Waals surface area contributed by atoms with Crippen LogP contribution in [0, 0.1) is 0 Å². The van der Waals surface area contributed by atoms with Crippen molar-refractivity contribution in [2.45, 2.75) is 31.3 Å². The molecule has 0 aliphatic carbocycles. The second-order valence-electron chi connectivity index (χ2n) is 4.89. The van der Waals surface area contributed by atoms with Gasteiger partial charge in [-0.15, -0.1) is 0 Å². The molecule has 0 saturated carbocycles. The van der Waals surface area contributed by atoms with Crippen molar-refractivity contribution in [1.82, 2.24) is 15.5 Å². The first-order chi connectivity index (χ1) is 9.02. The molecule has 0 radical (unpaired) electrons. The number of thioether (sulfide) groups is 1. The first kappa shape index (κ1) is 16.1. The van der Waals surface area contributed by atoms with Gasteiger partial charge in [0.05, 0.1) is 0 Å². The number of likely N-dealkylation sites (tertiary alicyclic amines) is 1. The van der Waals surface area contributed by atoms with Gasteiger partial charge in [-0.2, -0.15) is 11.8 Å². The monoisotopic (exact) mass is 289 g/mol. The Hall–Kier alpha value is -0.950. The number of urea groups is 1. The quantitative estimate of drug-likeness (QED) is 0.666. The van der Waals surface area contributed by atoms with Gasteiger partial charge in [-0.05, 0) is 44.9 Å². The molecule has 3 N–H and O–H groups in total. The van der Waals surface area contributed by atoms with E-state index in [-0.39, 0.29) is 12.1 Å². The molecule has 6 nitrogen and oxygen atoms in total. The molecule has 1 rings (SSSR count). The van der Waals surface area contributed by atoms with E-state index >= 15 is 0 Å². The van der Waals surface area contributed by atoms with Crippen LogP contribution in [-0.2, 0) is 4.79 Å². The smallest absolute Gasteiger partial charge is 0.326 e. The van der Waals surface area contributed by atoms with Crippen LogP contribution in [0.3, 0.4) is 0 Å². The van der Waals surface area contributed by atoms with Crippen LogP contribution in [0.5, 0.6) is 0 Å². The van der Waals surface area contributed by atoms with Gasteiger partial charge in [-0.1, -0.05) is 0 Å². The van der Waals surface area contributed by atoms with Crippen molar-refractivity contribution < 1.29 is 14.7 Å². The second-order valence-corrected chi connectivity index (χ2v) is 5.88. The van der Waals surface area contributed by atoms with Crippen LogP contribution in [0.4, 0.5) is 4.79 Å². The maximum atomic E-state index is 11.8. The van der Waals surface area contributed by atoms with Crippen molar-refractivity contribution in [2.24, 2.45) is 0 Å². The molecule has 7 heteroatoms. The maximum absolute atomic E-state index is 11.8. The number of nitrogens with one attached hydrogen (secondary N) is 2. The molecular formula is C12H23N3O3S. The average molecular weight is 289 g/mol. The maximum Gasteiger partial charge on any atom is 0.326 e. The highest BCUT2D eigenvalue weighted by molar-refractivity contribution is 7.98. The van der Waals surface area contributed by atoms with E-state index in [2.05, 4.69) is 15.5 Å². The lowest BCUT2D eigenvalue weighted by molar-refractivity contribution is -0.139. The van der Waals surface area contributed by atoms with Gasteiger partial charge < -0.3 is 20.6 Å². The molecule has 1 aliphatic rings. The van der Waals surface area contributed by atoms with E-state index in [1.807, 2.05) is 13.3 Å². The van der Waals surface area contributed by atoms with Crippen LogP contribution < -0.4 is 10.6 Å². The highest BCUT2D eigenvalue weighted by Gasteiger charge is 2.23. The number of hydrogen-bond acceptors (Lipinski definition) is 4. The summed E-state index contributed by atoms with van der Waals surface area (Å²) in [5.41, 5.74) is 0. The molecule has 0 aromatic carbocycles. The third kappa shape index (κ3) is 6.15. The van der Waals surface area contributed by atoms with E-state index in [0.29, 0.717) is 12.2 Å². The zero-order valence-electron chi connectivity index (χ0n) is 11.5. The molecule has 19 heavy (non-hydrogen) atoms. The van der Waals surface area contributed by atoms with E-state index in [1.165, 1.54) is 0 Å². The Kier molecular flexibility index (Phi) is 7.01. The number of likely N-dealkylation sites (N-methyl/N-ethyl adjacent to an activating group) is 1. The fraction of sp³-hybridized carbons (Fsp3) is 0.833. The minimum atomic E-state index is -0.982. The lowest BCUT2D eigenvalue weighted by atomic mass is 10.1. The lowest BCUT2D eigenvalue weighted by Crippen LogP contribution is -2.53. The van der Waals surface area contributed by atoms with Crippen LogP contribution in [0.2, 0.25) is 0 Å². The zero-order valence-corrected chi connectivity index (χ0v) is 12.3. The minimum absolute atomic E-state index is 0.105. The van der Waals surface area contributed by atoms with Crippen molar-refractivity contribution in [2.75, 3.05) is 32.1 Å². The molecule has 2 atom stereocenters. The molecule has 0 spiro atoms. The average Bonchev–Trinajstić information content (AvgIpc) is 2.34. The Morgan fingerprint density at radius 2 is 2.26 bits per heavy atom. The summed E-state index contributed by atoms with van der Waals surface area (Å²) < 4.78 is 0. The summed E-state index contributed by atoms with van der Waals surface area (Å²) in [7, 11) is 2.02. The van der Waals surface area contributed by atoms with Crippen LogP contribution in [0.15, 0.2) is 0 Å². The number of carbonyl (C=O) groups excluding carboxylic acids is 1. The normalized spacial score (nSPS) is 21.7. The third-order valence-corrected chi connectivity index (χ3v) is 3.82. The van der Waals surface area contributed by atoms with Crippen molar-refractivity contribution in [1.29, 1.82) is 0 Å². The Labute approximate surface area is 118 Å². The van der Waals surface area contributed by atoms with Gasteiger partial charge in [0.2, 0.25) is 0 Å². The van der Waals surface area contributed by atoms with E-state index in [0.717, 1.165) is 25.9 Å². The van der Waals surface area contributed by atoms with Crippen LogP contribution in [0.25, 0.3) is 0 Å².